The lowest BCUT2D eigenvalue weighted by atomic mass is 10.0. The number of rotatable bonds is 4. The Kier molecular flexibility index (Phi) is 4.81. The van der Waals surface area contributed by atoms with Gasteiger partial charge < -0.3 is 10.2 Å². The van der Waals surface area contributed by atoms with E-state index < -0.39 is 0 Å². The summed E-state index contributed by atoms with van der Waals surface area (Å²) in [5.74, 6) is -0.0524. The van der Waals surface area contributed by atoms with Gasteiger partial charge in [-0.2, -0.15) is 0 Å². The van der Waals surface area contributed by atoms with Crippen molar-refractivity contribution in [1.29, 1.82) is 0 Å². The second-order valence-electron chi connectivity index (χ2n) is 7.39. The maximum Gasteiger partial charge on any atom is 0.268 e. The van der Waals surface area contributed by atoms with Crippen molar-refractivity contribution in [2.75, 3.05) is 16.8 Å². The minimum Gasteiger partial charge on any atom is -0.326 e. The molecule has 0 aliphatic carbocycles. The summed E-state index contributed by atoms with van der Waals surface area (Å²) < 4.78 is 0. The fraction of sp³-hybridized carbons (Fsp3) is 0.120. The topological polar surface area (TPSA) is 49.4 Å². The molecule has 0 saturated heterocycles. The zero-order valence-electron chi connectivity index (χ0n) is 16.3. The summed E-state index contributed by atoms with van der Waals surface area (Å²) in [7, 11) is 0. The van der Waals surface area contributed by atoms with Crippen LogP contribution in [0.15, 0.2) is 78.2 Å². The molecule has 4 aromatic rings. The molecule has 0 spiro atoms. The number of thiophene rings is 1. The average Bonchev–Trinajstić information content (AvgIpc) is 3.44. The first-order valence-corrected chi connectivity index (χ1v) is 10.8. The number of hydrogen-bond acceptors (Lipinski definition) is 3. The van der Waals surface area contributed by atoms with Gasteiger partial charge in [-0.15, -0.1) is 11.3 Å². The second kappa shape index (κ2) is 7.76. The van der Waals surface area contributed by atoms with Gasteiger partial charge in [-0.3, -0.25) is 9.59 Å². The molecule has 1 aliphatic heterocycles. The van der Waals surface area contributed by atoms with Crippen LogP contribution in [0.4, 0.5) is 11.4 Å². The highest BCUT2D eigenvalue weighted by molar-refractivity contribution is 7.12. The lowest BCUT2D eigenvalue weighted by Gasteiger charge is -2.17. The Labute approximate surface area is 178 Å². The summed E-state index contributed by atoms with van der Waals surface area (Å²) in [6.07, 6.45) is 1.13. The molecule has 0 fully saturated rings. The summed E-state index contributed by atoms with van der Waals surface area (Å²) in [4.78, 5) is 28.1. The van der Waals surface area contributed by atoms with Gasteiger partial charge in [0.15, 0.2) is 0 Å². The molecule has 148 valence electrons. The number of carbonyl (C=O) groups is 2. The van der Waals surface area contributed by atoms with Crippen molar-refractivity contribution < 1.29 is 9.59 Å². The van der Waals surface area contributed by atoms with Gasteiger partial charge in [0.1, 0.15) is 0 Å². The minimum absolute atomic E-state index is 0.0166. The van der Waals surface area contributed by atoms with E-state index in [0.29, 0.717) is 18.7 Å². The van der Waals surface area contributed by atoms with E-state index in [4.69, 9.17) is 0 Å². The lowest BCUT2D eigenvalue weighted by molar-refractivity contribution is -0.115. The molecule has 0 bridgehead atoms. The Morgan fingerprint density at radius 2 is 1.83 bits per heavy atom. The van der Waals surface area contributed by atoms with Crippen molar-refractivity contribution in [2.24, 2.45) is 0 Å². The first-order chi connectivity index (χ1) is 14.7. The van der Waals surface area contributed by atoms with Gasteiger partial charge in [-0.1, -0.05) is 54.6 Å². The van der Waals surface area contributed by atoms with E-state index >= 15 is 0 Å². The van der Waals surface area contributed by atoms with Crippen LogP contribution in [0.5, 0.6) is 0 Å². The number of nitrogens with one attached hydrogen (secondary N) is 1. The smallest absolute Gasteiger partial charge is 0.268 e. The monoisotopic (exact) mass is 412 g/mol. The van der Waals surface area contributed by atoms with Crippen molar-refractivity contribution in [3.8, 4) is 0 Å². The van der Waals surface area contributed by atoms with Crippen molar-refractivity contribution in [1.82, 2.24) is 0 Å². The molecule has 3 aromatic carbocycles. The Morgan fingerprint density at radius 3 is 2.70 bits per heavy atom. The van der Waals surface area contributed by atoms with Crippen molar-refractivity contribution in [3.63, 3.8) is 0 Å². The predicted molar refractivity (Wildman–Crippen MR) is 122 cm³/mol. The van der Waals surface area contributed by atoms with Crippen molar-refractivity contribution >= 4 is 45.3 Å². The van der Waals surface area contributed by atoms with Crippen LogP contribution in [0, 0.1) is 0 Å². The molecule has 5 heteroatoms. The number of anilines is 2. The highest BCUT2D eigenvalue weighted by Crippen LogP contribution is 2.32. The standard InChI is InChI=1S/C25H20N2O2S/c28-24(15-19-7-3-6-17-5-1-2-8-21(17)19)26-20-11-10-18-12-13-27(22(18)16-20)25(29)23-9-4-14-30-23/h1-11,14,16H,12-13,15H2,(H,26,28). The fourth-order valence-corrected chi connectivity index (χ4v) is 4.70. The van der Waals surface area contributed by atoms with Crippen LogP contribution in [0.3, 0.4) is 0 Å². The van der Waals surface area contributed by atoms with Crippen LogP contribution in [0.25, 0.3) is 10.8 Å². The summed E-state index contributed by atoms with van der Waals surface area (Å²) >= 11 is 1.45. The molecule has 0 atom stereocenters. The van der Waals surface area contributed by atoms with Gasteiger partial charge in [0.05, 0.1) is 11.3 Å². The number of benzene rings is 3. The van der Waals surface area contributed by atoms with Crippen LogP contribution < -0.4 is 10.2 Å². The molecular weight excluding hydrogens is 392 g/mol. The number of hydrogen-bond donors (Lipinski definition) is 1. The molecule has 1 aliphatic rings. The first-order valence-electron chi connectivity index (χ1n) is 9.94. The van der Waals surface area contributed by atoms with Gasteiger partial charge in [0, 0.05) is 17.9 Å². The van der Waals surface area contributed by atoms with Crippen molar-refractivity contribution in [3.05, 3.63) is 94.2 Å². The molecular formula is C25H20N2O2S. The molecule has 0 saturated carbocycles. The zero-order valence-corrected chi connectivity index (χ0v) is 17.1. The predicted octanol–water partition coefficient (Wildman–Crippen LogP) is 5.29. The molecule has 30 heavy (non-hydrogen) atoms. The maximum absolute atomic E-state index is 12.8. The normalized spacial score (nSPS) is 12.7. The zero-order chi connectivity index (χ0) is 20.5. The van der Waals surface area contributed by atoms with E-state index in [-0.39, 0.29) is 11.8 Å². The van der Waals surface area contributed by atoms with Gasteiger partial charge >= 0.3 is 0 Å². The molecule has 4 nitrogen and oxygen atoms in total. The Balaban J connectivity index is 1.35. The van der Waals surface area contributed by atoms with Crippen LogP contribution in [-0.4, -0.2) is 18.4 Å². The summed E-state index contributed by atoms with van der Waals surface area (Å²) in [6.45, 7) is 0.666. The quantitative estimate of drug-likeness (QED) is 0.495. The van der Waals surface area contributed by atoms with Crippen LogP contribution in [0.1, 0.15) is 20.8 Å². The van der Waals surface area contributed by atoms with Gasteiger partial charge in [-0.25, -0.2) is 0 Å². The lowest BCUT2D eigenvalue weighted by Crippen LogP contribution is -2.28. The van der Waals surface area contributed by atoms with Crippen LogP contribution in [0.2, 0.25) is 0 Å². The Morgan fingerprint density at radius 1 is 0.967 bits per heavy atom. The highest BCUT2D eigenvalue weighted by atomic mass is 32.1. The number of fused-ring (bicyclic) bond motifs is 2. The molecule has 1 N–H and O–H groups in total. The van der Waals surface area contributed by atoms with E-state index in [2.05, 4.69) is 17.4 Å². The third-order valence-electron chi connectivity index (χ3n) is 5.47. The molecule has 1 aromatic heterocycles. The van der Waals surface area contributed by atoms with E-state index in [9.17, 15) is 9.59 Å². The third kappa shape index (κ3) is 3.48. The summed E-state index contributed by atoms with van der Waals surface area (Å²) in [5.41, 5.74) is 3.73. The number of nitrogens with zero attached hydrogens (tertiary/aromatic N) is 1. The van der Waals surface area contributed by atoms with Gasteiger partial charge in [0.25, 0.3) is 5.91 Å². The maximum atomic E-state index is 12.8. The van der Waals surface area contributed by atoms with E-state index in [1.165, 1.54) is 11.3 Å². The number of carbonyl (C=O) groups excluding carboxylic acids is 2. The van der Waals surface area contributed by atoms with E-state index in [1.807, 2.05) is 70.9 Å². The van der Waals surface area contributed by atoms with Crippen LogP contribution >= 0.6 is 11.3 Å². The Hall–Kier alpha value is -3.44. The molecule has 2 amide bonds. The highest BCUT2D eigenvalue weighted by Gasteiger charge is 2.26. The number of amides is 2. The molecule has 0 unspecified atom stereocenters. The average molecular weight is 413 g/mol. The first kappa shape index (κ1) is 18.6. The summed E-state index contributed by atoms with van der Waals surface area (Å²) in [5, 5.41) is 7.14. The molecule has 2 heterocycles. The fourth-order valence-electron chi connectivity index (χ4n) is 4.03. The van der Waals surface area contributed by atoms with E-state index in [1.54, 1.807) is 0 Å². The van der Waals surface area contributed by atoms with Crippen LogP contribution in [-0.2, 0) is 17.6 Å². The Bertz CT molecular complexity index is 1240. The molecule has 0 radical (unpaired) electrons. The third-order valence-corrected chi connectivity index (χ3v) is 6.33. The largest absolute Gasteiger partial charge is 0.326 e. The summed E-state index contributed by atoms with van der Waals surface area (Å²) in [6, 6.07) is 23.7. The van der Waals surface area contributed by atoms with Gasteiger partial charge in [0.2, 0.25) is 5.91 Å². The van der Waals surface area contributed by atoms with Gasteiger partial charge in [-0.05, 0) is 51.9 Å². The van der Waals surface area contributed by atoms with E-state index in [0.717, 1.165) is 38.9 Å². The SMILES string of the molecule is O=C(Cc1cccc2ccccc12)Nc1ccc2c(c1)N(C(=O)c1cccs1)CC2. The molecule has 5 rings (SSSR count). The second-order valence-corrected chi connectivity index (χ2v) is 8.34. The minimum atomic E-state index is -0.0690. The van der Waals surface area contributed by atoms with Crippen molar-refractivity contribution in [2.45, 2.75) is 12.8 Å².